The molecular weight excluding hydrogens is 201 g/mol. The summed E-state index contributed by atoms with van der Waals surface area (Å²) in [5, 5.41) is 3.35. The highest BCUT2D eigenvalue weighted by molar-refractivity contribution is 5.21. The van der Waals surface area contributed by atoms with Crippen LogP contribution in [0, 0.1) is 17.7 Å². The van der Waals surface area contributed by atoms with E-state index in [9.17, 15) is 4.39 Å². The van der Waals surface area contributed by atoms with Gasteiger partial charge in [-0.2, -0.15) is 0 Å². The van der Waals surface area contributed by atoms with E-state index in [0.29, 0.717) is 12.0 Å². The van der Waals surface area contributed by atoms with Crippen LogP contribution in [0.4, 0.5) is 4.39 Å². The van der Waals surface area contributed by atoms with Crippen LogP contribution in [0.1, 0.15) is 37.8 Å². The van der Waals surface area contributed by atoms with E-state index in [-0.39, 0.29) is 5.82 Å². The predicted octanol–water partition coefficient (Wildman–Crippen LogP) is 3.52. The summed E-state index contributed by atoms with van der Waals surface area (Å²) in [6.45, 7) is 2.31. The van der Waals surface area contributed by atoms with Gasteiger partial charge >= 0.3 is 0 Å². The van der Waals surface area contributed by atoms with Gasteiger partial charge in [-0.25, -0.2) is 4.39 Å². The zero-order chi connectivity index (χ0) is 11.5. The molecule has 1 fully saturated rings. The molecule has 3 atom stereocenters. The minimum atomic E-state index is -0.136. The largest absolute Gasteiger partial charge is 0.313 e. The topological polar surface area (TPSA) is 12.0 Å². The molecule has 2 rings (SSSR count). The van der Waals surface area contributed by atoms with Crippen molar-refractivity contribution >= 4 is 0 Å². The van der Waals surface area contributed by atoms with E-state index >= 15 is 0 Å². The van der Waals surface area contributed by atoms with Gasteiger partial charge in [-0.3, -0.25) is 0 Å². The smallest absolute Gasteiger partial charge is 0.123 e. The van der Waals surface area contributed by atoms with E-state index in [1.165, 1.54) is 25.3 Å². The second-order valence-corrected chi connectivity index (χ2v) is 4.89. The number of nitrogens with one attached hydrogen (secondary N) is 1. The molecule has 0 aliphatic heterocycles. The maximum Gasteiger partial charge on any atom is 0.123 e. The second kappa shape index (κ2) is 4.96. The normalized spacial score (nSPS) is 26.9. The fourth-order valence-electron chi connectivity index (χ4n) is 3.00. The molecule has 0 radical (unpaired) electrons. The summed E-state index contributed by atoms with van der Waals surface area (Å²) < 4.78 is 13.2. The van der Waals surface area contributed by atoms with Crippen LogP contribution in [0.5, 0.6) is 0 Å². The predicted molar refractivity (Wildman–Crippen MR) is 64.7 cm³/mol. The van der Waals surface area contributed by atoms with Gasteiger partial charge in [0.2, 0.25) is 0 Å². The van der Waals surface area contributed by atoms with E-state index in [1.807, 2.05) is 13.1 Å². The highest BCUT2D eigenvalue weighted by Gasteiger charge is 2.30. The van der Waals surface area contributed by atoms with Gasteiger partial charge in [0.15, 0.2) is 0 Å². The van der Waals surface area contributed by atoms with Crippen LogP contribution in [-0.4, -0.2) is 7.05 Å². The number of rotatable bonds is 3. The lowest BCUT2D eigenvalue weighted by Crippen LogP contribution is -2.26. The maximum absolute atomic E-state index is 13.2. The van der Waals surface area contributed by atoms with Gasteiger partial charge in [0.25, 0.3) is 0 Å². The zero-order valence-corrected chi connectivity index (χ0v) is 10.0. The Morgan fingerprint density at radius 3 is 2.75 bits per heavy atom. The molecule has 88 valence electrons. The Hall–Kier alpha value is -0.890. The number of benzene rings is 1. The highest BCUT2D eigenvalue weighted by atomic mass is 19.1. The lowest BCUT2D eigenvalue weighted by Gasteiger charge is -2.27. The number of halogens is 1. The summed E-state index contributed by atoms with van der Waals surface area (Å²) >= 11 is 0. The van der Waals surface area contributed by atoms with E-state index in [2.05, 4.69) is 12.2 Å². The van der Waals surface area contributed by atoms with Crippen molar-refractivity contribution in [2.24, 2.45) is 11.8 Å². The lowest BCUT2D eigenvalue weighted by atomic mass is 9.86. The minimum absolute atomic E-state index is 0.136. The summed E-state index contributed by atoms with van der Waals surface area (Å²) in [4.78, 5) is 0. The molecular formula is C14H20FN. The Balaban J connectivity index is 2.21. The Labute approximate surface area is 97.1 Å². The van der Waals surface area contributed by atoms with Gasteiger partial charge in [0, 0.05) is 6.04 Å². The molecule has 0 amide bonds. The molecule has 0 aromatic heterocycles. The van der Waals surface area contributed by atoms with Crippen LogP contribution in [0.2, 0.25) is 0 Å². The van der Waals surface area contributed by atoms with Crippen molar-refractivity contribution < 1.29 is 4.39 Å². The average molecular weight is 221 g/mol. The first-order valence-electron chi connectivity index (χ1n) is 6.15. The van der Waals surface area contributed by atoms with Gasteiger partial charge in [-0.1, -0.05) is 31.9 Å². The number of hydrogen-bond donors (Lipinski definition) is 1. The molecule has 0 bridgehead atoms. The van der Waals surface area contributed by atoms with Crippen molar-refractivity contribution in [1.82, 2.24) is 5.32 Å². The van der Waals surface area contributed by atoms with Gasteiger partial charge in [-0.15, -0.1) is 0 Å². The van der Waals surface area contributed by atoms with Crippen LogP contribution >= 0.6 is 0 Å². The van der Waals surface area contributed by atoms with E-state index < -0.39 is 0 Å². The summed E-state index contributed by atoms with van der Waals surface area (Å²) in [5.74, 6) is 1.25. The summed E-state index contributed by atoms with van der Waals surface area (Å²) in [7, 11) is 1.97. The molecule has 1 aromatic carbocycles. The quantitative estimate of drug-likeness (QED) is 0.823. The molecule has 0 spiro atoms. The molecule has 1 saturated carbocycles. The van der Waals surface area contributed by atoms with E-state index in [0.717, 1.165) is 11.5 Å². The lowest BCUT2D eigenvalue weighted by molar-refractivity contribution is 0.315. The summed E-state index contributed by atoms with van der Waals surface area (Å²) in [5.41, 5.74) is 1.08. The zero-order valence-electron chi connectivity index (χ0n) is 10.0. The Morgan fingerprint density at radius 2 is 2.19 bits per heavy atom. The summed E-state index contributed by atoms with van der Waals surface area (Å²) in [6.07, 6.45) is 3.86. The Bertz CT molecular complexity index is 350. The van der Waals surface area contributed by atoms with E-state index in [4.69, 9.17) is 0 Å². The average Bonchev–Trinajstić information content (AvgIpc) is 2.67. The third-order valence-electron chi connectivity index (χ3n) is 3.87. The Morgan fingerprint density at radius 1 is 1.38 bits per heavy atom. The first kappa shape index (κ1) is 11.6. The van der Waals surface area contributed by atoms with Crippen LogP contribution < -0.4 is 5.32 Å². The number of hydrogen-bond acceptors (Lipinski definition) is 1. The monoisotopic (exact) mass is 221 g/mol. The highest BCUT2D eigenvalue weighted by Crippen LogP contribution is 2.39. The van der Waals surface area contributed by atoms with Crippen molar-refractivity contribution in [3.63, 3.8) is 0 Å². The fraction of sp³-hybridized carbons (Fsp3) is 0.571. The standard InChI is InChI=1S/C14H20FN/c1-10-5-3-8-13(10)14(16-2)11-6-4-7-12(15)9-11/h4,6-7,9-10,13-14,16H,3,5,8H2,1-2H3. The molecule has 1 aromatic rings. The van der Waals surface area contributed by atoms with Crippen LogP contribution in [0.3, 0.4) is 0 Å². The molecule has 1 aliphatic rings. The third kappa shape index (κ3) is 2.27. The second-order valence-electron chi connectivity index (χ2n) is 4.89. The summed E-state index contributed by atoms with van der Waals surface area (Å²) in [6, 6.07) is 7.29. The molecule has 3 unspecified atom stereocenters. The van der Waals surface area contributed by atoms with Crippen molar-refractivity contribution in [2.45, 2.75) is 32.2 Å². The SMILES string of the molecule is CNC(c1cccc(F)c1)C1CCCC1C. The molecule has 1 nitrogen and oxygen atoms in total. The molecule has 2 heteroatoms. The Kier molecular flexibility index (Phi) is 3.59. The molecule has 16 heavy (non-hydrogen) atoms. The first-order valence-corrected chi connectivity index (χ1v) is 6.15. The maximum atomic E-state index is 13.2. The third-order valence-corrected chi connectivity index (χ3v) is 3.87. The fourth-order valence-corrected chi connectivity index (χ4v) is 3.00. The van der Waals surface area contributed by atoms with Crippen LogP contribution in [-0.2, 0) is 0 Å². The van der Waals surface area contributed by atoms with Gasteiger partial charge in [0.05, 0.1) is 0 Å². The van der Waals surface area contributed by atoms with Crippen molar-refractivity contribution in [1.29, 1.82) is 0 Å². The van der Waals surface area contributed by atoms with Gasteiger partial charge in [-0.05, 0) is 43.0 Å². The minimum Gasteiger partial charge on any atom is -0.313 e. The van der Waals surface area contributed by atoms with Crippen molar-refractivity contribution in [3.8, 4) is 0 Å². The molecule has 0 heterocycles. The van der Waals surface area contributed by atoms with Crippen molar-refractivity contribution in [2.75, 3.05) is 7.05 Å². The molecule has 0 saturated heterocycles. The van der Waals surface area contributed by atoms with Crippen LogP contribution in [0.25, 0.3) is 0 Å². The molecule has 1 N–H and O–H groups in total. The molecule has 1 aliphatic carbocycles. The van der Waals surface area contributed by atoms with Gasteiger partial charge < -0.3 is 5.32 Å². The van der Waals surface area contributed by atoms with Crippen LogP contribution in [0.15, 0.2) is 24.3 Å². The first-order chi connectivity index (χ1) is 7.72. The van der Waals surface area contributed by atoms with Crippen molar-refractivity contribution in [3.05, 3.63) is 35.6 Å². The van der Waals surface area contributed by atoms with Gasteiger partial charge in [0.1, 0.15) is 5.82 Å². The van der Waals surface area contributed by atoms with E-state index in [1.54, 1.807) is 12.1 Å².